The highest BCUT2D eigenvalue weighted by molar-refractivity contribution is 9.10. The molecule has 0 aliphatic rings. The number of nitrogens with one attached hydrogen (secondary N) is 1. The standard InChI is InChI=1S/C18H16BrFN2O4/c19-10-5-7-15(22-18(26)14(21)6-8-16(23)24)12(9-10)17(25)11-3-1-2-4-13(11)20/h1-5,7,9,14H,6,8,21H2,(H,22,26)(H,23,24). The van der Waals surface area contributed by atoms with E-state index in [2.05, 4.69) is 21.2 Å². The molecule has 1 unspecified atom stereocenters. The summed E-state index contributed by atoms with van der Waals surface area (Å²) in [5.41, 5.74) is 5.80. The average Bonchev–Trinajstić information content (AvgIpc) is 2.60. The van der Waals surface area contributed by atoms with Crippen LogP contribution in [0.3, 0.4) is 0 Å². The van der Waals surface area contributed by atoms with Crippen LogP contribution in [0.1, 0.15) is 28.8 Å². The number of anilines is 1. The van der Waals surface area contributed by atoms with Crippen molar-refractivity contribution in [2.45, 2.75) is 18.9 Å². The molecule has 0 saturated heterocycles. The summed E-state index contributed by atoms with van der Waals surface area (Å²) in [5.74, 6) is -2.96. The molecule has 1 atom stereocenters. The SMILES string of the molecule is NC(CCC(=O)O)C(=O)Nc1ccc(Br)cc1C(=O)c1ccccc1F. The maximum Gasteiger partial charge on any atom is 0.303 e. The molecule has 1 amide bonds. The van der Waals surface area contributed by atoms with Crippen molar-refractivity contribution >= 4 is 39.3 Å². The molecule has 0 heterocycles. The summed E-state index contributed by atoms with van der Waals surface area (Å²) < 4.78 is 14.5. The van der Waals surface area contributed by atoms with Gasteiger partial charge < -0.3 is 16.2 Å². The summed E-state index contributed by atoms with van der Waals surface area (Å²) in [7, 11) is 0. The molecule has 0 radical (unpaired) electrons. The number of aliphatic carboxylic acids is 1. The summed E-state index contributed by atoms with van der Waals surface area (Å²) >= 11 is 3.24. The zero-order chi connectivity index (χ0) is 19.3. The Hall–Kier alpha value is -2.58. The van der Waals surface area contributed by atoms with Gasteiger partial charge in [0.1, 0.15) is 5.82 Å². The Morgan fingerprint density at radius 2 is 1.85 bits per heavy atom. The van der Waals surface area contributed by atoms with Crippen LogP contribution in [0.25, 0.3) is 0 Å². The molecule has 8 heteroatoms. The number of rotatable bonds is 7. The van der Waals surface area contributed by atoms with E-state index < -0.39 is 29.5 Å². The number of ketones is 1. The van der Waals surface area contributed by atoms with Crippen LogP contribution < -0.4 is 11.1 Å². The minimum Gasteiger partial charge on any atom is -0.481 e. The zero-order valence-corrected chi connectivity index (χ0v) is 15.1. The van der Waals surface area contributed by atoms with Gasteiger partial charge in [0.2, 0.25) is 5.91 Å². The van der Waals surface area contributed by atoms with E-state index in [0.29, 0.717) is 4.47 Å². The average molecular weight is 423 g/mol. The summed E-state index contributed by atoms with van der Waals surface area (Å²) in [6.45, 7) is 0. The normalized spacial score (nSPS) is 11.7. The molecule has 4 N–H and O–H groups in total. The maximum atomic E-state index is 13.9. The van der Waals surface area contributed by atoms with E-state index >= 15 is 0 Å². The van der Waals surface area contributed by atoms with E-state index in [-0.39, 0.29) is 29.7 Å². The zero-order valence-electron chi connectivity index (χ0n) is 13.5. The van der Waals surface area contributed by atoms with Crippen molar-refractivity contribution in [1.29, 1.82) is 0 Å². The van der Waals surface area contributed by atoms with Gasteiger partial charge in [-0.3, -0.25) is 14.4 Å². The lowest BCUT2D eigenvalue weighted by Crippen LogP contribution is -2.36. The third-order valence-corrected chi connectivity index (χ3v) is 4.10. The van der Waals surface area contributed by atoms with Crippen LogP contribution in [-0.4, -0.2) is 28.8 Å². The fraction of sp³-hybridized carbons (Fsp3) is 0.167. The van der Waals surface area contributed by atoms with E-state index in [4.69, 9.17) is 10.8 Å². The lowest BCUT2D eigenvalue weighted by Gasteiger charge is -2.14. The Balaban J connectivity index is 2.28. The topological polar surface area (TPSA) is 109 Å². The minimum absolute atomic E-state index is 0.0473. The van der Waals surface area contributed by atoms with E-state index in [9.17, 15) is 18.8 Å². The molecule has 26 heavy (non-hydrogen) atoms. The number of carboxylic acid groups (broad SMARTS) is 1. The molecule has 0 aliphatic carbocycles. The number of hydrogen-bond donors (Lipinski definition) is 3. The van der Waals surface area contributed by atoms with Crippen LogP contribution in [0.15, 0.2) is 46.9 Å². The number of benzene rings is 2. The quantitative estimate of drug-likeness (QED) is 0.594. The van der Waals surface area contributed by atoms with Crippen LogP contribution in [0.4, 0.5) is 10.1 Å². The number of hydrogen-bond acceptors (Lipinski definition) is 4. The molecule has 2 aromatic carbocycles. The van der Waals surface area contributed by atoms with Crippen molar-refractivity contribution in [3.05, 3.63) is 63.9 Å². The van der Waals surface area contributed by atoms with Gasteiger partial charge >= 0.3 is 5.97 Å². The first-order valence-corrected chi connectivity index (χ1v) is 8.46. The second-order valence-corrected chi connectivity index (χ2v) is 6.44. The predicted octanol–water partition coefficient (Wildman–Crippen LogP) is 2.95. The Labute approximate surface area is 157 Å². The lowest BCUT2D eigenvalue weighted by molar-refractivity contribution is -0.137. The van der Waals surface area contributed by atoms with Crippen molar-refractivity contribution in [3.63, 3.8) is 0 Å². The third-order valence-electron chi connectivity index (χ3n) is 3.61. The van der Waals surface area contributed by atoms with Gasteiger partial charge in [0, 0.05) is 16.5 Å². The van der Waals surface area contributed by atoms with Crippen LogP contribution in [0.5, 0.6) is 0 Å². The molecule has 136 valence electrons. The van der Waals surface area contributed by atoms with E-state index in [1.807, 2.05) is 0 Å². The molecule has 2 rings (SSSR count). The summed E-state index contributed by atoms with van der Waals surface area (Å²) in [5, 5.41) is 11.2. The summed E-state index contributed by atoms with van der Waals surface area (Å²) in [4.78, 5) is 35.4. The predicted molar refractivity (Wildman–Crippen MR) is 97.4 cm³/mol. The molecule has 0 aliphatic heterocycles. The largest absolute Gasteiger partial charge is 0.481 e. The molecule has 0 bridgehead atoms. The number of amides is 1. The minimum atomic E-state index is -1.06. The first-order valence-electron chi connectivity index (χ1n) is 7.66. The Morgan fingerprint density at radius 3 is 2.50 bits per heavy atom. The maximum absolute atomic E-state index is 13.9. The Morgan fingerprint density at radius 1 is 1.15 bits per heavy atom. The Bertz CT molecular complexity index is 857. The van der Waals surface area contributed by atoms with Crippen molar-refractivity contribution < 1.29 is 23.9 Å². The van der Waals surface area contributed by atoms with Crippen LogP contribution >= 0.6 is 15.9 Å². The van der Waals surface area contributed by atoms with Crippen molar-refractivity contribution in [3.8, 4) is 0 Å². The van der Waals surface area contributed by atoms with Crippen LogP contribution in [-0.2, 0) is 9.59 Å². The first-order chi connectivity index (χ1) is 12.3. The van der Waals surface area contributed by atoms with E-state index in [0.717, 1.165) is 0 Å². The fourth-order valence-electron chi connectivity index (χ4n) is 2.24. The fourth-order valence-corrected chi connectivity index (χ4v) is 2.60. The van der Waals surface area contributed by atoms with Gasteiger partial charge in [0.25, 0.3) is 0 Å². The first kappa shape index (κ1) is 19.7. The molecule has 0 saturated carbocycles. The van der Waals surface area contributed by atoms with Crippen LogP contribution in [0.2, 0.25) is 0 Å². The second-order valence-electron chi connectivity index (χ2n) is 5.53. The number of halogens is 2. The molecule has 0 aromatic heterocycles. The molecular formula is C18H16BrFN2O4. The van der Waals surface area contributed by atoms with Gasteiger partial charge in [-0.05, 0) is 36.8 Å². The lowest BCUT2D eigenvalue weighted by atomic mass is 10.0. The molecule has 0 fully saturated rings. The second kappa shape index (κ2) is 8.68. The molecular weight excluding hydrogens is 407 g/mol. The summed E-state index contributed by atoms with van der Waals surface area (Å²) in [6.07, 6.45) is -0.301. The number of carboxylic acids is 1. The highest BCUT2D eigenvalue weighted by atomic mass is 79.9. The van der Waals surface area contributed by atoms with Crippen molar-refractivity contribution in [1.82, 2.24) is 0 Å². The summed E-state index contributed by atoms with van der Waals surface area (Å²) in [6, 6.07) is 9.04. The Kier molecular flexibility index (Phi) is 6.59. The highest BCUT2D eigenvalue weighted by Gasteiger charge is 2.21. The van der Waals surface area contributed by atoms with Gasteiger partial charge in [-0.25, -0.2) is 4.39 Å². The number of nitrogens with two attached hydrogens (primary N) is 1. The van der Waals surface area contributed by atoms with Gasteiger partial charge in [0.15, 0.2) is 5.78 Å². The van der Waals surface area contributed by atoms with Gasteiger partial charge in [-0.15, -0.1) is 0 Å². The van der Waals surface area contributed by atoms with E-state index in [1.165, 1.54) is 36.4 Å². The van der Waals surface area contributed by atoms with Gasteiger partial charge in [0.05, 0.1) is 17.3 Å². The van der Waals surface area contributed by atoms with Crippen molar-refractivity contribution in [2.24, 2.45) is 5.73 Å². The smallest absolute Gasteiger partial charge is 0.303 e. The third kappa shape index (κ3) is 4.96. The molecule has 0 spiro atoms. The number of carbonyl (C=O) groups is 3. The van der Waals surface area contributed by atoms with Crippen molar-refractivity contribution in [2.75, 3.05) is 5.32 Å². The monoisotopic (exact) mass is 422 g/mol. The molecule has 2 aromatic rings. The highest BCUT2D eigenvalue weighted by Crippen LogP contribution is 2.25. The van der Waals surface area contributed by atoms with Gasteiger partial charge in [-0.2, -0.15) is 0 Å². The molecule has 6 nitrogen and oxygen atoms in total. The number of carbonyl (C=O) groups excluding carboxylic acids is 2. The van der Waals surface area contributed by atoms with E-state index in [1.54, 1.807) is 6.07 Å². The van der Waals surface area contributed by atoms with Gasteiger partial charge in [-0.1, -0.05) is 28.1 Å². The van der Waals surface area contributed by atoms with Crippen LogP contribution in [0, 0.1) is 5.82 Å².